The van der Waals surface area contributed by atoms with Gasteiger partial charge in [-0.3, -0.25) is 14.6 Å². The second-order valence-electron chi connectivity index (χ2n) is 10.2. The smallest absolute Gasteiger partial charge is 0.262 e. The van der Waals surface area contributed by atoms with E-state index in [4.69, 9.17) is 22.9 Å². The monoisotopic (exact) mass is 526 g/mol. The number of carbonyl (C=O) groups excluding carboxylic acids is 2. The summed E-state index contributed by atoms with van der Waals surface area (Å²) < 4.78 is 0.700. The summed E-state index contributed by atoms with van der Waals surface area (Å²) in [6.07, 6.45) is 5.41. The van der Waals surface area contributed by atoms with Gasteiger partial charge in [-0.25, -0.2) is 0 Å². The predicted molar refractivity (Wildman–Crippen MR) is 151 cm³/mol. The summed E-state index contributed by atoms with van der Waals surface area (Å²) in [6, 6.07) is 15.5. The lowest BCUT2D eigenvalue weighted by molar-refractivity contribution is -0.124. The van der Waals surface area contributed by atoms with Crippen LogP contribution in [0.1, 0.15) is 58.1 Å². The van der Waals surface area contributed by atoms with Crippen molar-refractivity contribution in [2.24, 2.45) is 17.2 Å². The fourth-order valence-corrected chi connectivity index (χ4v) is 7.07. The van der Waals surface area contributed by atoms with Gasteiger partial charge in [-0.2, -0.15) is 0 Å². The van der Waals surface area contributed by atoms with Crippen LogP contribution in [0.25, 0.3) is 21.3 Å². The summed E-state index contributed by atoms with van der Waals surface area (Å²) >= 11 is 1.25. The first-order chi connectivity index (χ1) is 18.3. The molecule has 2 aromatic heterocycles. The van der Waals surface area contributed by atoms with E-state index < -0.39 is 11.6 Å². The van der Waals surface area contributed by atoms with Crippen LogP contribution in [0.15, 0.2) is 60.8 Å². The van der Waals surface area contributed by atoms with E-state index in [2.05, 4.69) is 10.3 Å². The fourth-order valence-electron chi connectivity index (χ4n) is 5.86. The third kappa shape index (κ3) is 3.73. The molecule has 0 spiro atoms. The number of benzene rings is 2. The highest BCUT2D eigenvalue weighted by Crippen LogP contribution is 2.49. The Morgan fingerprint density at radius 1 is 1.05 bits per heavy atom. The zero-order chi connectivity index (χ0) is 26.6. The molecular weight excluding hydrogens is 496 g/mol. The van der Waals surface area contributed by atoms with E-state index in [0.717, 1.165) is 31.2 Å². The van der Waals surface area contributed by atoms with Gasteiger partial charge in [-0.1, -0.05) is 49.2 Å². The Labute approximate surface area is 224 Å². The number of nitrogens with zero attached hydrogens (tertiary/aromatic N) is 1. The van der Waals surface area contributed by atoms with Gasteiger partial charge in [-0.15, -0.1) is 11.3 Å². The maximum absolute atomic E-state index is 14.0. The zero-order valence-electron chi connectivity index (χ0n) is 20.8. The zero-order valence-corrected chi connectivity index (χ0v) is 21.6. The third-order valence-electron chi connectivity index (χ3n) is 7.94. The molecule has 0 bridgehead atoms. The van der Waals surface area contributed by atoms with E-state index in [0.29, 0.717) is 43.0 Å². The Balaban J connectivity index is 1.50. The number of nitrogens with one attached hydrogen (secondary N) is 1. The fraction of sp³-hybridized carbons (Fsp3) is 0.276. The molecule has 38 heavy (non-hydrogen) atoms. The Hall–Kier alpha value is -3.63. The van der Waals surface area contributed by atoms with Crippen molar-refractivity contribution in [1.29, 1.82) is 0 Å². The summed E-state index contributed by atoms with van der Waals surface area (Å²) in [4.78, 5) is 32.5. The summed E-state index contributed by atoms with van der Waals surface area (Å²) in [5.74, 6) is -0.667. The third-order valence-corrected chi connectivity index (χ3v) is 9.19. The average Bonchev–Trinajstić information content (AvgIpc) is 3.35. The van der Waals surface area contributed by atoms with Crippen LogP contribution in [-0.4, -0.2) is 28.8 Å². The second-order valence-corrected chi connectivity index (χ2v) is 11.2. The van der Waals surface area contributed by atoms with Crippen molar-refractivity contribution in [3.8, 4) is 11.3 Å². The molecule has 2 aliphatic rings. The molecule has 2 heterocycles. The molecule has 2 aliphatic carbocycles. The molecule has 9 heteroatoms. The van der Waals surface area contributed by atoms with Crippen LogP contribution in [0.3, 0.4) is 0 Å². The first-order valence-electron chi connectivity index (χ1n) is 12.8. The molecule has 1 saturated carbocycles. The van der Waals surface area contributed by atoms with Gasteiger partial charge in [0.05, 0.1) is 21.3 Å². The van der Waals surface area contributed by atoms with E-state index in [1.165, 1.54) is 11.3 Å². The van der Waals surface area contributed by atoms with Crippen LogP contribution in [-0.2, 0) is 10.3 Å². The SMILES string of the molecule is Nc1ccc2c3c(c(C(=O)N[C@@H]4CCCC[C@@H]4N)sc13)C(N)C(=O)C2(N)c1ccnc(-c2ccccc2)c1. The standard InChI is InChI=1S/C29H30N6O2S/c30-18-8-4-5-9-20(18)35-28(37)26-23-22-17(10-11-19(31)25(22)38-26)29(33,27(36)24(23)32)16-12-13-34-21(14-16)15-6-2-1-3-7-15/h1-3,6-7,10-14,18,20,24H,4-5,8-9,30-33H2,(H,35,37)/t18-,20+,24?,29?/m0/s1. The first-order valence-corrected chi connectivity index (χ1v) is 13.6. The van der Waals surface area contributed by atoms with Gasteiger partial charge in [0, 0.05) is 40.5 Å². The number of carbonyl (C=O) groups is 2. The highest BCUT2D eigenvalue weighted by molar-refractivity contribution is 7.21. The van der Waals surface area contributed by atoms with Gasteiger partial charge in [0.1, 0.15) is 5.54 Å². The summed E-state index contributed by atoms with van der Waals surface area (Å²) in [5, 5.41) is 3.78. The van der Waals surface area contributed by atoms with Crippen LogP contribution in [0.2, 0.25) is 0 Å². The van der Waals surface area contributed by atoms with Crippen molar-refractivity contribution in [1.82, 2.24) is 10.3 Å². The quantitative estimate of drug-likeness (QED) is 0.255. The minimum Gasteiger partial charge on any atom is -0.398 e. The summed E-state index contributed by atoms with van der Waals surface area (Å²) in [7, 11) is 0. The molecule has 0 radical (unpaired) electrons. The number of Topliss-reactive ketones (excluding diaryl/α,β-unsaturated/α-hetero) is 1. The molecule has 194 valence electrons. The number of anilines is 1. The molecule has 8 nitrogen and oxygen atoms in total. The van der Waals surface area contributed by atoms with Gasteiger partial charge in [0.25, 0.3) is 5.91 Å². The van der Waals surface area contributed by atoms with E-state index in [-0.39, 0.29) is 23.8 Å². The van der Waals surface area contributed by atoms with Crippen LogP contribution in [0.4, 0.5) is 5.69 Å². The van der Waals surface area contributed by atoms with E-state index in [9.17, 15) is 9.59 Å². The number of hydrogen-bond donors (Lipinski definition) is 5. The van der Waals surface area contributed by atoms with Crippen molar-refractivity contribution in [3.05, 3.63) is 82.4 Å². The van der Waals surface area contributed by atoms with Crippen LogP contribution < -0.4 is 28.3 Å². The van der Waals surface area contributed by atoms with Gasteiger partial charge in [-0.05, 0) is 42.2 Å². The molecule has 2 unspecified atom stereocenters. The number of aromatic nitrogens is 1. The minimum absolute atomic E-state index is 0.100. The number of thiophene rings is 1. The molecule has 4 aromatic rings. The highest BCUT2D eigenvalue weighted by atomic mass is 32.1. The molecule has 9 N–H and O–H groups in total. The number of rotatable bonds is 4. The lowest BCUT2D eigenvalue weighted by atomic mass is 9.70. The number of nitrogen functional groups attached to an aromatic ring is 1. The van der Waals surface area contributed by atoms with Gasteiger partial charge < -0.3 is 28.3 Å². The topological polar surface area (TPSA) is 163 Å². The minimum atomic E-state index is -1.54. The number of pyridine rings is 1. The summed E-state index contributed by atoms with van der Waals surface area (Å²) in [5.41, 5.74) is 28.5. The van der Waals surface area contributed by atoms with Crippen molar-refractivity contribution < 1.29 is 9.59 Å². The highest BCUT2D eigenvalue weighted by Gasteiger charge is 2.49. The maximum Gasteiger partial charge on any atom is 0.262 e. The first kappa shape index (κ1) is 24.7. The second kappa shape index (κ2) is 9.28. The molecule has 1 amide bonds. The lowest BCUT2D eigenvalue weighted by Crippen LogP contribution is -2.53. The van der Waals surface area contributed by atoms with Crippen molar-refractivity contribution in [3.63, 3.8) is 0 Å². The number of ketones is 1. The van der Waals surface area contributed by atoms with Gasteiger partial charge in [0.2, 0.25) is 0 Å². The van der Waals surface area contributed by atoms with Crippen molar-refractivity contribution >= 4 is 38.8 Å². The van der Waals surface area contributed by atoms with Crippen molar-refractivity contribution in [2.75, 3.05) is 5.73 Å². The molecule has 1 fully saturated rings. The molecule has 0 saturated heterocycles. The van der Waals surface area contributed by atoms with E-state index in [1.807, 2.05) is 36.4 Å². The van der Waals surface area contributed by atoms with Gasteiger partial charge in [0.15, 0.2) is 5.78 Å². The molecule has 6 rings (SSSR count). The Kier molecular flexibility index (Phi) is 6.03. The normalized spacial score (nSPS) is 24.9. The van der Waals surface area contributed by atoms with Crippen LogP contribution in [0.5, 0.6) is 0 Å². The predicted octanol–water partition coefficient (Wildman–Crippen LogP) is 3.33. The van der Waals surface area contributed by atoms with Crippen molar-refractivity contribution in [2.45, 2.75) is 49.3 Å². The largest absolute Gasteiger partial charge is 0.398 e. The molecule has 2 aromatic carbocycles. The van der Waals surface area contributed by atoms with Crippen LogP contribution in [0, 0.1) is 0 Å². The van der Waals surface area contributed by atoms with Gasteiger partial charge >= 0.3 is 0 Å². The molecule has 0 aliphatic heterocycles. The lowest BCUT2D eigenvalue weighted by Gasteiger charge is -2.36. The number of hydrogen-bond acceptors (Lipinski definition) is 8. The summed E-state index contributed by atoms with van der Waals surface area (Å²) in [6.45, 7) is 0. The Bertz CT molecular complexity index is 1570. The molecular formula is C29H30N6O2S. The Morgan fingerprint density at radius 2 is 1.82 bits per heavy atom. The van der Waals surface area contributed by atoms with Crippen LogP contribution >= 0.6 is 11.3 Å². The van der Waals surface area contributed by atoms with E-state index in [1.54, 1.807) is 24.4 Å². The molecule has 4 atom stereocenters. The average molecular weight is 527 g/mol. The number of amides is 1. The number of nitrogens with two attached hydrogens (primary N) is 4. The maximum atomic E-state index is 14.0. The van der Waals surface area contributed by atoms with E-state index >= 15 is 0 Å². The Morgan fingerprint density at radius 3 is 2.58 bits per heavy atom.